The van der Waals surface area contributed by atoms with Crippen LogP contribution >= 0.6 is 0 Å². The van der Waals surface area contributed by atoms with E-state index >= 15 is 0 Å². The summed E-state index contributed by atoms with van der Waals surface area (Å²) >= 11 is 0. The van der Waals surface area contributed by atoms with Crippen molar-refractivity contribution < 1.29 is 4.74 Å². The number of benzene rings is 1. The maximum absolute atomic E-state index is 4.74. The summed E-state index contributed by atoms with van der Waals surface area (Å²) in [5, 5.41) is 11.3. The quantitative estimate of drug-likeness (QED) is 0.744. The van der Waals surface area contributed by atoms with Gasteiger partial charge in [0, 0.05) is 6.42 Å². The molecule has 0 bridgehead atoms. The smallest absolute Gasteiger partial charge is 0.158 e. The molecular formula is C10H11N4O. The second kappa shape index (κ2) is 4.65. The normalized spacial score (nSPS) is 10.5. The summed E-state index contributed by atoms with van der Waals surface area (Å²) in [4.78, 5) is 0. The monoisotopic (exact) mass is 203 g/mol. The van der Waals surface area contributed by atoms with Crippen molar-refractivity contribution in [2.24, 2.45) is 0 Å². The highest BCUT2D eigenvalue weighted by Gasteiger charge is 2.05. The van der Waals surface area contributed by atoms with Crippen molar-refractivity contribution in [1.82, 2.24) is 20.2 Å². The highest BCUT2D eigenvalue weighted by Crippen LogP contribution is 2.05. The number of nitrogens with zero attached hydrogens (tertiary/aromatic N) is 4. The van der Waals surface area contributed by atoms with Crippen molar-refractivity contribution in [2.45, 2.75) is 13.2 Å². The topological polar surface area (TPSA) is 52.8 Å². The van der Waals surface area contributed by atoms with Gasteiger partial charge in [-0.2, -0.15) is 0 Å². The molecule has 1 aromatic carbocycles. The summed E-state index contributed by atoms with van der Waals surface area (Å²) in [6.45, 7) is 0.273. The van der Waals surface area contributed by atoms with Crippen LogP contribution in [0.15, 0.2) is 30.3 Å². The van der Waals surface area contributed by atoms with Crippen LogP contribution in [0.3, 0.4) is 0 Å². The van der Waals surface area contributed by atoms with Crippen LogP contribution in [0.4, 0.5) is 0 Å². The van der Waals surface area contributed by atoms with E-state index in [0.29, 0.717) is 6.42 Å². The predicted octanol–water partition coefficient (Wildman–Crippen LogP) is 1.03. The van der Waals surface area contributed by atoms with E-state index < -0.39 is 0 Å². The van der Waals surface area contributed by atoms with Gasteiger partial charge in [0.05, 0.1) is 7.11 Å². The molecular weight excluding hydrogens is 192 g/mol. The molecule has 0 aliphatic heterocycles. The van der Waals surface area contributed by atoms with E-state index in [0.717, 1.165) is 11.4 Å². The number of hydrogen-bond acceptors (Lipinski definition) is 4. The molecule has 5 nitrogen and oxygen atoms in total. The van der Waals surface area contributed by atoms with E-state index in [1.807, 2.05) is 30.3 Å². The Balaban J connectivity index is 2.14. The van der Waals surface area contributed by atoms with Crippen LogP contribution in [0.25, 0.3) is 0 Å². The zero-order valence-electron chi connectivity index (χ0n) is 8.21. The summed E-state index contributed by atoms with van der Waals surface area (Å²) < 4.78 is 6.32. The maximum atomic E-state index is 4.74. The SMILES string of the molecule is [CH2]OCn1nnnc1Cc1ccccc1. The van der Waals surface area contributed by atoms with Crippen LogP contribution in [0.1, 0.15) is 11.4 Å². The minimum Gasteiger partial charge on any atom is -0.357 e. The van der Waals surface area contributed by atoms with Gasteiger partial charge in [-0.3, -0.25) is 0 Å². The first-order valence-electron chi connectivity index (χ1n) is 4.56. The van der Waals surface area contributed by atoms with Gasteiger partial charge in [-0.25, -0.2) is 4.68 Å². The molecule has 0 amide bonds. The molecule has 1 radical (unpaired) electrons. The van der Waals surface area contributed by atoms with Gasteiger partial charge in [0.1, 0.15) is 6.73 Å². The molecule has 1 aromatic heterocycles. The molecule has 5 heteroatoms. The zero-order valence-corrected chi connectivity index (χ0v) is 8.21. The summed E-state index contributed by atoms with van der Waals surface area (Å²) in [7, 11) is 3.29. The average molecular weight is 203 g/mol. The fraction of sp³-hybridized carbons (Fsp3) is 0.200. The van der Waals surface area contributed by atoms with Crippen molar-refractivity contribution in [3.05, 3.63) is 48.8 Å². The van der Waals surface area contributed by atoms with Gasteiger partial charge in [-0.05, 0) is 16.0 Å². The van der Waals surface area contributed by atoms with Crippen molar-refractivity contribution in [3.8, 4) is 0 Å². The van der Waals surface area contributed by atoms with Gasteiger partial charge < -0.3 is 4.74 Å². The molecule has 2 rings (SSSR count). The number of hydrogen-bond donors (Lipinski definition) is 0. The van der Waals surface area contributed by atoms with E-state index in [1.165, 1.54) is 0 Å². The Morgan fingerprint density at radius 1 is 1.27 bits per heavy atom. The van der Waals surface area contributed by atoms with Crippen LogP contribution in [0, 0.1) is 7.11 Å². The molecule has 0 fully saturated rings. The van der Waals surface area contributed by atoms with Crippen LogP contribution in [0.2, 0.25) is 0 Å². The Hall–Kier alpha value is -1.75. The third-order valence-corrected chi connectivity index (χ3v) is 2.02. The van der Waals surface area contributed by atoms with Gasteiger partial charge in [0.2, 0.25) is 0 Å². The zero-order chi connectivity index (χ0) is 10.5. The minimum absolute atomic E-state index is 0.273. The predicted molar refractivity (Wildman–Crippen MR) is 53.5 cm³/mol. The van der Waals surface area contributed by atoms with E-state index in [1.54, 1.807) is 4.68 Å². The van der Waals surface area contributed by atoms with Gasteiger partial charge in [-0.1, -0.05) is 30.3 Å². The molecule has 2 aromatic rings. The molecule has 77 valence electrons. The second-order valence-corrected chi connectivity index (χ2v) is 3.09. The van der Waals surface area contributed by atoms with Crippen LogP contribution < -0.4 is 0 Å². The largest absolute Gasteiger partial charge is 0.357 e. The first-order valence-corrected chi connectivity index (χ1v) is 4.56. The summed E-state index contributed by atoms with van der Waals surface area (Å²) in [5.74, 6) is 0.768. The van der Waals surface area contributed by atoms with E-state index in [-0.39, 0.29) is 6.73 Å². The third-order valence-electron chi connectivity index (χ3n) is 2.02. The third kappa shape index (κ3) is 2.38. The molecule has 0 atom stereocenters. The first kappa shape index (κ1) is 9.79. The van der Waals surface area contributed by atoms with Crippen molar-refractivity contribution in [2.75, 3.05) is 0 Å². The molecule has 0 aliphatic carbocycles. The molecule has 1 heterocycles. The van der Waals surface area contributed by atoms with Crippen LogP contribution in [-0.4, -0.2) is 20.2 Å². The lowest BCUT2D eigenvalue weighted by atomic mass is 10.1. The molecule has 0 saturated heterocycles. The van der Waals surface area contributed by atoms with Crippen molar-refractivity contribution in [3.63, 3.8) is 0 Å². The average Bonchev–Trinajstić information content (AvgIpc) is 2.68. The Bertz CT molecular complexity index is 412. The highest BCUT2D eigenvalue weighted by atomic mass is 16.5. The molecule has 0 N–H and O–H groups in total. The summed E-state index contributed by atoms with van der Waals surface area (Å²) in [6, 6.07) is 10.0. The van der Waals surface area contributed by atoms with Gasteiger partial charge in [-0.15, -0.1) is 5.10 Å². The number of tetrazole rings is 1. The molecule has 15 heavy (non-hydrogen) atoms. The lowest BCUT2D eigenvalue weighted by molar-refractivity contribution is 0.151. The molecule has 0 saturated carbocycles. The Morgan fingerprint density at radius 2 is 2.07 bits per heavy atom. The number of aromatic nitrogens is 4. The highest BCUT2D eigenvalue weighted by molar-refractivity contribution is 5.18. The number of rotatable bonds is 4. The van der Waals surface area contributed by atoms with E-state index in [9.17, 15) is 0 Å². The maximum Gasteiger partial charge on any atom is 0.158 e. The molecule has 0 unspecified atom stereocenters. The first-order chi connectivity index (χ1) is 7.40. The fourth-order valence-corrected chi connectivity index (χ4v) is 1.32. The van der Waals surface area contributed by atoms with Crippen LogP contribution in [-0.2, 0) is 17.9 Å². The van der Waals surface area contributed by atoms with Crippen molar-refractivity contribution >= 4 is 0 Å². The fourth-order valence-electron chi connectivity index (χ4n) is 1.32. The summed E-state index contributed by atoms with van der Waals surface area (Å²) in [6.07, 6.45) is 0.692. The van der Waals surface area contributed by atoms with E-state index in [2.05, 4.69) is 22.6 Å². The van der Waals surface area contributed by atoms with Gasteiger partial charge in [0.15, 0.2) is 5.82 Å². The van der Waals surface area contributed by atoms with Gasteiger partial charge in [0.25, 0.3) is 0 Å². The number of ether oxygens (including phenoxy) is 1. The minimum atomic E-state index is 0.273. The lowest BCUT2D eigenvalue weighted by Gasteiger charge is -2.02. The molecule has 0 aliphatic rings. The molecule has 0 spiro atoms. The van der Waals surface area contributed by atoms with E-state index in [4.69, 9.17) is 4.74 Å². The Labute approximate surface area is 87.7 Å². The van der Waals surface area contributed by atoms with Gasteiger partial charge >= 0.3 is 0 Å². The Morgan fingerprint density at radius 3 is 2.80 bits per heavy atom. The second-order valence-electron chi connectivity index (χ2n) is 3.09. The standard InChI is InChI=1S/C10H11N4O/c1-15-8-14-10(11-12-13-14)7-9-5-3-2-4-6-9/h2-6H,1,7-8H2. The van der Waals surface area contributed by atoms with Crippen LogP contribution in [0.5, 0.6) is 0 Å². The lowest BCUT2D eigenvalue weighted by Crippen LogP contribution is -2.07. The van der Waals surface area contributed by atoms with Crippen molar-refractivity contribution in [1.29, 1.82) is 0 Å². The Kier molecular flexibility index (Phi) is 3.04. The summed E-state index contributed by atoms with van der Waals surface area (Å²) in [5.41, 5.74) is 1.16.